The van der Waals surface area contributed by atoms with Gasteiger partial charge in [-0.3, -0.25) is 4.68 Å². The summed E-state index contributed by atoms with van der Waals surface area (Å²) in [6.45, 7) is 6.77. The first-order valence-corrected chi connectivity index (χ1v) is 3.79. The zero-order chi connectivity index (χ0) is 9.84. The number of nitrogens with zero attached hydrogens (tertiary/aromatic N) is 3. The summed E-state index contributed by atoms with van der Waals surface area (Å²) in [6.07, 6.45) is -0.675. The van der Waals surface area contributed by atoms with Crippen LogP contribution in [0.15, 0.2) is 6.20 Å². The number of hydrogen-bond acceptors (Lipinski definition) is 1. The number of aryl methyl sites for hydroxylation is 1. The Morgan fingerprint density at radius 3 is 2.92 bits per heavy atom. The molecule has 13 heavy (non-hydrogen) atoms. The van der Waals surface area contributed by atoms with Crippen molar-refractivity contribution < 1.29 is 8.78 Å². The highest BCUT2D eigenvalue weighted by molar-refractivity contribution is 5.18. The molecule has 1 aromatic heterocycles. The standard InChI is InChI=1S/C8H9F2N3/c1-11-4-3-6-5-13(2)12-7(6)8(9)10/h5,8H,3-4H2,2H3. The van der Waals surface area contributed by atoms with Crippen LogP contribution in [0.5, 0.6) is 0 Å². The summed E-state index contributed by atoms with van der Waals surface area (Å²) in [4.78, 5) is 3.11. The molecular formula is C8H9F2N3. The van der Waals surface area contributed by atoms with Gasteiger partial charge in [0.1, 0.15) is 5.69 Å². The van der Waals surface area contributed by atoms with Crippen LogP contribution in [0, 0.1) is 6.57 Å². The molecule has 1 aromatic rings. The molecule has 0 bridgehead atoms. The predicted molar refractivity (Wildman–Crippen MR) is 43.3 cm³/mol. The Balaban J connectivity index is 2.86. The van der Waals surface area contributed by atoms with Crippen molar-refractivity contribution in [2.45, 2.75) is 12.8 Å². The lowest BCUT2D eigenvalue weighted by atomic mass is 10.2. The van der Waals surface area contributed by atoms with E-state index in [1.165, 1.54) is 10.9 Å². The fourth-order valence-electron chi connectivity index (χ4n) is 1.11. The zero-order valence-electron chi connectivity index (χ0n) is 7.17. The summed E-state index contributed by atoms with van der Waals surface area (Å²) in [5, 5.41) is 3.63. The van der Waals surface area contributed by atoms with Crippen molar-refractivity contribution >= 4 is 0 Å². The van der Waals surface area contributed by atoms with E-state index in [1.54, 1.807) is 7.05 Å². The number of alkyl halides is 2. The first-order chi connectivity index (χ1) is 6.15. The van der Waals surface area contributed by atoms with Crippen molar-refractivity contribution in [1.29, 1.82) is 0 Å². The smallest absolute Gasteiger partial charge is 0.282 e. The number of hydrogen-bond donors (Lipinski definition) is 0. The second-order valence-corrected chi connectivity index (χ2v) is 2.65. The average molecular weight is 185 g/mol. The molecule has 0 fully saturated rings. The Morgan fingerprint density at radius 1 is 1.69 bits per heavy atom. The van der Waals surface area contributed by atoms with Gasteiger partial charge in [-0.05, 0) is 0 Å². The van der Waals surface area contributed by atoms with Crippen LogP contribution in [0.25, 0.3) is 4.85 Å². The van der Waals surface area contributed by atoms with Gasteiger partial charge < -0.3 is 4.85 Å². The quantitative estimate of drug-likeness (QED) is 0.658. The number of halogens is 2. The van der Waals surface area contributed by atoms with E-state index in [0.29, 0.717) is 12.0 Å². The van der Waals surface area contributed by atoms with Gasteiger partial charge >= 0.3 is 0 Å². The lowest BCUT2D eigenvalue weighted by Gasteiger charge is -1.95. The van der Waals surface area contributed by atoms with Gasteiger partial charge in [0.15, 0.2) is 0 Å². The minimum Gasteiger partial charge on any atom is -0.317 e. The van der Waals surface area contributed by atoms with Crippen LogP contribution in [-0.2, 0) is 13.5 Å². The maximum Gasteiger partial charge on any atom is 0.282 e. The number of aromatic nitrogens is 2. The largest absolute Gasteiger partial charge is 0.317 e. The minimum atomic E-state index is -2.55. The lowest BCUT2D eigenvalue weighted by Crippen LogP contribution is -1.94. The summed E-state index contributed by atoms with van der Waals surface area (Å²) < 4.78 is 26.0. The molecule has 0 saturated heterocycles. The first kappa shape index (κ1) is 9.65. The summed E-state index contributed by atoms with van der Waals surface area (Å²) in [6, 6.07) is 0. The Morgan fingerprint density at radius 2 is 2.38 bits per heavy atom. The monoisotopic (exact) mass is 185 g/mol. The van der Waals surface area contributed by atoms with E-state index in [2.05, 4.69) is 9.94 Å². The molecule has 1 rings (SSSR count). The second kappa shape index (κ2) is 3.99. The molecule has 0 aromatic carbocycles. The van der Waals surface area contributed by atoms with Crippen molar-refractivity contribution in [3.63, 3.8) is 0 Å². The van der Waals surface area contributed by atoms with E-state index in [-0.39, 0.29) is 12.2 Å². The Hall–Kier alpha value is -1.44. The van der Waals surface area contributed by atoms with Gasteiger partial charge in [0, 0.05) is 25.2 Å². The zero-order valence-corrected chi connectivity index (χ0v) is 7.17. The molecule has 0 aliphatic carbocycles. The van der Waals surface area contributed by atoms with Crippen molar-refractivity contribution in [2.24, 2.45) is 7.05 Å². The molecule has 0 aliphatic heterocycles. The molecule has 0 aliphatic rings. The maximum atomic E-state index is 12.3. The highest BCUT2D eigenvalue weighted by Gasteiger charge is 2.17. The summed E-state index contributed by atoms with van der Waals surface area (Å²) in [7, 11) is 1.59. The third-order valence-electron chi connectivity index (χ3n) is 1.64. The normalized spacial score (nSPS) is 10.4. The van der Waals surface area contributed by atoms with E-state index in [4.69, 9.17) is 6.57 Å². The van der Waals surface area contributed by atoms with Gasteiger partial charge in [0.2, 0.25) is 6.54 Å². The fraction of sp³-hybridized carbons (Fsp3) is 0.500. The van der Waals surface area contributed by atoms with E-state index < -0.39 is 6.43 Å². The maximum absolute atomic E-state index is 12.3. The third-order valence-corrected chi connectivity index (χ3v) is 1.64. The topological polar surface area (TPSA) is 22.2 Å². The minimum absolute atomic E-state index is 0.203. The second-order valence-electron chi connectivity index (χ2n) is 2.65. The van der Waals surface area contributed by atoms with Crippen molar-refractivity contribution in [3.05, 3.63) is 28.9 Å². The highest BCUT2D eigenvalue weighted by Crippen LogP contribution is 2.21. The average Bonchev–Trinajstić information content (AvgIpc) is 2.43. The molecule has 0 spiro atoms. The van der Waals surface area contributed by atoms with Crippen LogP contribution in [-0.4, -0.2) is 16.3 Å². The summed E-state index contributed by atoms with van der Waals surface area (Å²) in [5.74, 6) is 0. The van der Waals surface area contributed by atoms with Crippen molar-refractivity contribution in [3.8, 4) is 0 Å². The van der Waals surface area contributed by atoms with Crippen molar-refractivity contribution in [1.82, 2.24) is 9.78 Å². The van der Waals surface area contributed by atoms with Gasteiger partial charge in [-0.15, -0.1) is 0 Å². The molecule has 1 heterocycles. The molecule has 0 N–H and O–H groups in total. The van der Waals surface area contributed by atoms with Gasteiger partial charge in [-0.1, -0.05) is 0 Å². The van der Waals surface area contributed by atoms with Gasteiger partial charge in [0.05, 0.1) is 0 Å². The van der Waals surface area contributed by atoms with Crippen LogP contribution in [0.2, 0.25) is 0 Å². The highest BCUT2D eigenvalue weighted by atomic mass is 19.3. The van der Waals surface area contributed by atoms with E-state index in [0.717, 1.165) is 0 Å². The Labute approximate surface area is 74.8 Å². The SMILES string of the molecule is [C-]#[N+]CCc1cn(C)nc1C(F)F. The molecule has 3 nitrogen and oxygen atoms in total. The van der Waals surface area contributed by atoms with Crippen molar-refractivity contribution in [2.75, 3.05) is 6.54 Å². The number of rotatable bonds is 3. The fourth-order valence-corrected chi connectivity index (χ4v) is 1.11. The van der Waals surface area contributed by atoms with Gasteiger partial charge in [-0.2, -0.15) is 5.10 Å². The summed E-state index contributed by atoms with van der Waals surface area (Å²) >= 11 is 0. The summed E-state index contributed by atoms with van der Waals surface area (Å²) in [5.41, 5.74) is 0.264. The van der Waals surface area contributed by atoms with Crippen LogP contribution >= 0.6 is 0 Å². The van der Waals surface area contributed by atoms with Crippen LogP contribution in [0.3, 0.4) is 0 Å². The van der Waals surface area contributed by atoms with Gasteiger partial charge in [-0.25, -0.2) is 15.4 Å². The lowest BCUT2D eigenvalue weighted by molar-refractivity contribution is 0.144. The van der Waals surface area contributed by atoms with Crippen LogP contribution in [0.4, 0.5) is 8.78 Å². The molecular weight excluding hydrogens is 176 g/mol. The van der Waals surface area contributed by atoms with E-state index in [9.17, 15) is 8.78 Å². The van der Waals surface area contributed by atoms with E-state index in [1.807, 2.05) is 0 Å². The molecule has 70 valence electrons. The first-order valence-electron chi connectivity index (χ1n) is 3.79. The van der Waals surface area contributed by atoms with Gasteiger partial charge in [0.25, 0.3) is 6.43 Å². The predicted octanol–water partition coefficient (Wildman–Crippen LogP) is 1.82. The van der Waals surface area contributed by atoms with Crippen LogP contribution in [0.1, 0.15) is 17.7 Å². The molecule has 0 amide bonds. The van der Waals surface area contributed by atoms with Crippen LogP contribution < -0.4 is 0 Å². The molecule has 0 saturated carbocycles. The van der Waals surface area contributed by atoms with E-state index >= 15 is 0 Å². The molecule has 0 atom stereocenters. The molecule has 5 heteroatoms. The third kappa shape index (κ3) is 2.25. The molecule has 0 radical (unpaired) electrons. The molecule has 0 unspecified atom stereocenters. The Bertz CT molecular complexity index is 325. The Kier molecular flexibility index (Phi) is 2.96.